The lowest BCUT2D eigenvalue weighted by Crippen LogP contribution is -2.24. The minimum atomic E-state index is -0.574. The van der Waals surface area contributed by atoms with E-state index >= 15 is 0 Å². The Morgan fingerprint density at radius 2 is 1.74 bits per heavy atom. The normalized spacial score (nSPS) is 20.2. The third kappa shape index (κ3) is 4.49. The Balaban J connectivity index is 1.85. The smallest absolute Gasteiger partial charge is 0.336 e. The van der Waals surface area contributed by atoms with Crippen molar-refractivity contribution < 1.29 is 14.3 Å². The standard InChI is InChI=1S/C28H26O3/c1-20(28(29)30-2)26-25(22-14-8-4-9-15-22)24(19-18-21-12-6-3-7-13-21)27(31-26)23-16-10-5-11-17-23/h4-5,8-12,14-17,25-26H,1,3,6-7,13H2,2H3/t25-,26+/m0/s1. The molecule has 2 aromatic carbocycles. The molecule has 1 aliphatic carbocycles. The molecule has 0 spiro atoms. The molecule has 2 aromatic rings. The number of ether oxygens (including phenoxy) is 2. The van der Waals surface area contributed by atoms with Gasteiger partial charge in [-0.1, -0.05) is 85.2 Å². The Bertz CT molecular complexity index is 1080. The molecule has 2 atom stereocenters. The van der Waals surface area contributed by atoms with Gasteiger partial charge in [-0.2, -0.15) is 0 Å². The molecule has 0 N–H and O–H groups in total. The van der Waals surface area contributed by atoms with E-state index in [1.165, 1.54) is 25.5 Å². The molecule has 2 aliphatic rings. The van der Waals surface area contributed by atoms with Crippen LogP contribution in [-0.2, 0) is 14.3 Å². The minimum absolute atomic E-state index is 0.236. The summed E-state index contributed by atoms with van der Waals surface area (Å²) in [6, 6.07) is 20.0. The zero-order valence-electron chi connectivity index (χ0n) is 17.8. The van der Waals surface area contributed by atoms with Gasteiger partial charge in [0.25, 0.3) is 0 Å². The summed E-state index contributed by atoms with van der Waals surface area (Å²) < 4.78 is 11.4. The topological polar surface area (TPSA) is 35.5 Å². The lowest BCUT2D eigenvalue weighted by molar-refractivity contribution is -0.137. The summed E-state index contributed by atoms with van der Waals surface area (Å²) in [5, 5.41) is 0. The summed E-state index contributed by atoms with van der Waals surface area (Å²) in [4.78, 5) is 12.4. The first kappa shape index (κ1) is 20.8. The number of esters is 1. The van der Waals surface area contributed by atoms with Crippen LogP contribution in [0.25, 0.3) is 5.76 Å². The Hall–Kier alpha value is -3.51. The van der Waals surface area contributed by atoms with Gasteiger partial charge < -0.3 is 9.47 Å². The lowest BCUT2D eigenvalue weighted by atomic mass is 9.84. The zero-order chi connectivity index (χ0) is 21.6. The highest BCUT2D eigenvalue weighted by Crippen LogP contribution is 2.45. The largest absolute Gasteiger partial charge is 0.483 e. The van der Waals surface area contributed by atoms with Crippen molar-refractivity contribution in [3.8, 4) is 11.8 Å². The van der Waals surface area contributed by atoms with Crippen molar-refractivity contribution in [3.63, 3.8) is 0 Å². The van der Waals surface area contributed by atoms with Crippen molar-refractivity contribution in [1.82, 2.24) is 0 Å². The molecule has 1 heterocycles. The lowest BCUT2D eigenvalue weighted by Gasteiger charge is -2.21. The fraction of sp³-hybridized carbons (Fsp3) is 0.250. The molecule has 0 bridgehead atoms. The molecule has 1 aliphatic heterocycles. The number of hydrogen-bond acceptors (Lipinski definition) is 3. The third-order valence-electron chi connectivity index (χ3n) is 5.74. The SMILES string of the molecule is C=C(C(=O)OC)[C@H]1OC(c2ccccc2)=C(C#CC2=CCCCC2)[C@@H]1c1ccccc1. The number of rotatable bonds is 4. The molecular weight excluding hydrogens is 384 g/mol. The van der Waals surface area contributed by atoms with Gasteiger partial charge in [-0.05, 0) is 36.8 Å². The van der Waals surface area contributed by atoms with Crippen molar-refractivity contribution in [1.29, 1.82) is 0 Å². The second-order valence-electron chi connectivity index (χ2n) is 7.78. The number of methoxy groups -OCH3 is 1. The molecule has 0 radical (unpaired) electrons. The van der Waals surface area contributed by atoms with E-state index in [9.17, 15) is 4.79 Å². The van der Waals surface area contributed by atoms with Crippen molar-refractivity contribution >= 4 is 11.7 Å². The number of hydrogen-bond donors (Lipinski definition) is 0. The first-order valence-corrected chi connectivity index (χ1v) is 10.7. The highest BCUT2D eigenvalue weighted by Gasteiger charge is 2.41. The monoisotopic (exact) mass is 410 g/mol. The molecule has 3 heteroatoms. The van der Waals surface area contributed by atoms with Crippen LogP contribution in [0.2, 0.25) is 0 Å². The summed E-state index contributed by atoms with van der Waals surface area (Å²) >= 11 is 0. The van der Waals surface area contributed by atoms with Gasteiger partial charge in [0.1, 0.15) is 11.9 Å². The first-order chi connectivity index (χ1) is 15.2. The van der Waals surface area contributed by atoms with Crippen molar-refractivity contribution in [3.05, 3.63) is 101 Å². The summed E-state index contributed by atoms with van der Waals surface area (Å²) in [6.45, 7) is 4.01. The average Bonchev–Trinajstić information content (AvgIpc) is 3.23. The Kier molecular flexibility index (Phi) is 6.38. The molecule has 0 amide bonds. The maximum Gasteiger partial charge on any atom is 0.336 e. The molecule has 0 unspecified atom stereocenters. The predicted octanol–water partition coefficient (Wildman–Crippen LogP) is 5.81. The Morgan fingerprint density at radius 3 is 2.39 bits per heavy atom. The summed E-state index contributed by atoms with van der Waals surface area (Å²) in [5.74, 6) is 6.82. The molecule has 0 aromatic heterocycles. The van der Waals surface area contributed by atoms with E-state index in [4.69, 9.17) is 9.47 Å². The molecule has 0 saturated carbocycles. The van der Waals surface area contributed by atoms with Crippen LogP contribution >= 0.6 is 0 Å². The molecular formula is C28H26O3. The van der Waals surface area contributed by atoms with Gasteiger partial charge in [-0.3, -0.25) is 0 Å². The second kappa shape index (κ2) is 9.53. The highest BCUT2D eigenvalue weighted by atomic mass is 16.5. The van der Waals surface area contributed by atoms with E-state index in [1.54, 1.807) is 0 Å². The van der Waals surface area contributed by atoms with Gasteiger partial charge >= 0.3 is 5.97 Å². The summed E-state index contributed by atoms with van der Waals surface area (Å²) in [5.41, 5.74) is 4.31. The van der Waals surface area contributed by atoms with Gasteiger partial charge in [0, 0.05) is 5.56 Å². The fourth-order valence-corrected chi connectivity index (χ4v) is 4.12. The van der Waals surface area contributed by atoms with E-state index in [2.05, 4.69) is 24.5 Å². The van der Waals surface area contributed by atoms with Crippen LogP contribution in [0, 0.1) is 11.8 Å². The van der Waals surface area contributed by atoms with Crippen LogP contribution in [0.4, 0.5) is 0 Å². The van der Waals surface area contributed by atoms with E-state index in [0.29, 0.717) is 11.3 Å². The summed E-state index contributed by atoms with van der Waals surface area (Å²) in [6.07, 6.45) is 6.14. The van der Waals surface area contributed by atoms with E-state index in [0.717, 1.165) is 29.5 Å². The first-order valence-electron chi connectivity index (χ1n) is 10.7. The van der Waals surface area contributed by atoms with E-state index < -0.39 is 12.1 Å². The van der Waals surface area contributed by atoms with Crippen LogP contribution in [0.1, 0.15) is 42.7 Å². The van der Waals surface area contributed by atoms with Crippen molar-refractivity contribution in [2.24, 2.45) is 0 Å². The molecule has 0 fully saturated rings. The van der Waals surface area contributed by atoms with Crippen LogP contribution in [0.15, 0.2) is 90.0 Å². The Labute approximate surface area is 184 Å². The van der Waals surface area contributed by atoms with Gasteiger partial charge in [0.2, 0.25) is 0 Å². The number of carbonyl (C=O) groups is 1. The maximum atomic E-state index is 12.4. The van der Waals surface area contributed by atoms with Gasteiger partial charge in [0.05, 0.1) is 24.2 Å². The van der Waals surface area contributed by atoms with Gasteiger partial charge in [0.15, 0.2) is 0 Å². The number of carbonyl (C=O) groups excluding carboxylic acids is 1. The number of allylic oxidation sites excluding steroid dienone is 2. The van der Waals surface area contributed by atoms with E-state index in [-0.39, 0.29) is 5.92 Å². The van der Waals surface area contributed by atoms with Crippen molar-refractivity contribution in [2.45, 2.75) is 37.7 Å². The van der Waals surface area contributed by atoms with Crippen molar-refractivity contribution in [2.75, 3.05) is 7.11 Å². The maximum absolute atomic E-state index is 12.4. The molecule has 31 heavy (non-hydrogen) atoms. The van der Waals surface area contributed by atoms with Crippen LogP contribution in [-0.4, -0.2) is 19.2 Å². The molecule has 4 rings (SSSR count). The third-order valence-corrected chi connectivity index (χ3v) is 5.74. The summed E-state index contributed by atoms with van der Waals surface area (Å²) in [7, 11) is 1.36. The average molecular weight is 411 g/mol. The quantitative estimate of drug-likeness (QED) is 0.362. The van der Waals surface area contributed by atoms with Gasteiger partial charge in [-0.15, -0.1) is 0 Å². The zero-order valence-corrected chi connectivity index (χ0v) is 17.8. The molecule has 156 valence electrons. The van der Waals surface area contributed by atoms with Gasteiger partial charge in [-0.25, -0.2) is 4.79 Å². The van der Waals surface area contributed by atoms with Crippen LogP contribution in [0.3, 0.4) is 0 Å². The highest BCUT2D eigenvalue weighted by molar-refractivity contribution is 5.90. The van der Waals surface area contributed by atoms with E-state index in [1.807, 2.05) is 60.7 Å². The predicted molar refractivity (Wildman–Crippen MR) is 123 cm³/mol. The number of benzene rings is 2. The molecule has 0 saturated heterocycles. The van der Waals surface area contributed by atoms with Crippen LogP contribution in [0.5, 0.6) is 0 Å². The fourth-order valence-electron chi connectivity index (χ4n) is 4.12. The minimum Gasteiger partial charge on any atom is -0.483 e. The molecule has 3 nitrogen and oxygen atoms in total. The second-order valence-corrected chi connectivity index (χ2v) is 7.78. The van der Waals surface area contributed by atoms with Crippen LogP contribution < -0.4 is 0 Å². The Morgan fingerprint density at radius 1 is 1.03 bits per heavy atom.